The highest BCUT2D eigenvalue weighted by atomic mass is 79.9. The zero-order valence-corrected chi connectivity index (χ0v) is 14.4. The molecule has 1 aliphatic carbocycles. The lowest BCUT2D eigenvalue weighted by Gasteiger charge is -2.35. The molecule has 0 aromatic heterocycles. The molecular weight excluding hydrogens is 364 g/mol. The van der Waals surface area contributed by atoms with Crippen LogP contribution in [0.4, 0.5) is 14.5 Å². The quantitative estimate of drug-likeness (QED) is 0.681. The molecule has 0 amide bonds. The van der Waals surface area contributed by atoms with Gasteiger partial charge in [-0.3, -0.25) is 0 Å². The maximum Gasteiger partial charge on any atom is 0.387 e. The fourth-order valence-electron chi connectivity index (χ4n) is 2.64. The molecule has 2 rings (SSSR count). The molecule has 0 aliphatic heterocycles. The van der Waals surface area contributed by atoms with Gasteiger partial charge in [0.1, 0.15) is 0 Å². The van der Waals surface area contributed by atoms with Crippen LogP contribution in [0.25, 0.3) is 0 Å². The van der Waals surface area contributed by atoms with E-state index >= 15 is 0 Å². The van der Waals surface area contributed by atoms with Crippen molar-refractivity contribution in [1.82, 2.24) is 0 Å². The van der Waals surface area contributed by atoms with Crippen molar-refractivity contribution < 1.29 is 13.5 Å². The van der Waals surface area contributed by atoms with Crippen LogP contribution in [0.15, 0.2) is 16.6 Å². The smallest absolute Gasteiger partial charge is 0.387 e. The summed E-state index contributed by atoms with van der Waals surface area (Å²) < 4.78 is 30.2. The third-order valence-electron chi connectivity index (χ3n) is 3.91. The normalized spacial score (nSPS) is 18.8. The number of halogens is 4. The van der Waals surface area contributed by atoms with Crippen LogP contribution in [0.3, 0.4) is 0 Å². The number of alkyl halides is 2. The zero-order chi connectivity index (χ0) is 15.6. The average molecular weight is 383 g/mol. The van der Waals surface area contributed by atoms with Crippen molar-refractivity contribution in [3.8, 4) is 5.75 Å². The summed E-state index contributed by atoms with van der Waals surface area (Å²) in [6.07, 6.45) is 4.23. The predicted molar refractivity (Wildman–Crippen MR) is 85.4 cm³/mol. The number of ether oxygens (including phenoxy) is 1. The maximum atomic E-state index is 12.6. The summed E-state index contributed by atoms with van der Waals surface area (Å²) >= 11 is 9.24. The highest BCUT2D eigenvalue weighted by Gasteiger charge is 2.27. The largest absolute Gasteiger partial charge is 0.431 e. The predicted octanol–water partition coefficient (Wildman–Crippen LogP) is 6.08. The number of hydrogen-bond donors (Lipinski definition) is 1. The molecule has 2 nitrogen and oxygen atoms in total. The fourth-order valence-corrected chi connectivity index (χ4v) is 3.54. The van der Waals surface area contributed by atoms with Crippen molar-refractivity contribution in [1.29, 1.82) is 0 Å². The van der Waals surface area contributed by atoms with E-state index in [9.17, 15) is 8.78 Å². The van der Waals surface area contributed by atoms with Gasteiger partial charge in [0.2, 0.25) is 0 Å². The van der Waals surface area contributed by atoms with Gasteiger partial charge in [-0.1, -0.05) is 25.4 Å². The van der Waals surface area contributed by atoms with Gasteiger partial charge < -0.3 is 10.1 Å². The number of anilines is 1. The molecule has 1 aliphatic rings. The van der Waals surface area contributed by atoms with Gasteiger partial charge in [0.15, 0.2) is 5.75 Å². The highest BCUT2D eigenvalue weighted by Crippen LogP contribution is 2.41. The van der Waals surface area contributed by atoms with E-state index in [4.69, 9.17) is 11.6 Å². The van der Waals surface area contributed by atoms with Crippen LogP contribution >= 0.6 is 27.5 Å². The summed E-state index contributed by atoms with van der Waals surface area (Å²) in [5.41, 5.74) is 0.870. The standard InChI is InChI=1S/C15H19BrClF2NO/c1-15(2)5-3-10(4-6-15)20-12-8-9(17)7-11(16)13(12)21-14(18)19/h7-8,10,14,20H,3-6H2,1-2H3. The molecule has 6 heteroatoms. The van der Waals surface area contributed by atoms with Gasteiger partial charge in [0, 0.05) is 11.1 Å². The lowest BCUT2D eigenvalue weighted by molar-refractivity contribution is -0.0499. The summed E-state index contributed by atoms with van der Waals surface area (Å²) in [5.74, 6) is 0.110. The molecule has 0 unspecified atom stereocenters. The molecule has 21 heavy (non-hydrogen) atoms. The van der Waals surface area contributed by atoms with Crippen molar-refractivity contribution in [3.63, 3.8) is 0 Å². The molecule has 0 spiro atoms. The maximum absolute atomic E-state index is 12.6. The molecule has 0 atom stereocenters. The average Bonchev–Trinajstić information content (AvgIpc) is 2.36. The van der Waals surface area contributed by atoms with Crippen molar-refractivity contribution in [2.24, 2.45) is 5.41 Å². The van der Waals surface area contributed by atoms with E-state index in [0.29, 0.717) is 20.6 Å². The molecule has 1 N–H and O–H groups in total. The summed E-state index contributed by atoms with van der Waals surface area (Å²) in [5, 5.41) is 3.78. The highest BCUT2D eigenvalue weighted by molar-refractivity contribution is 9.10. The molecule has 1 fully saturated rings. The van der Waals surface area contributed by atoms with Gasteiger partial charge in [0.05, 0.1) is 10.2 Å². The molecule has 0 bridgehead atoms. The van der Waals surface area contributed by atoms with E-state index in [1.807, 2.05) is 0 Å². The first-order chi connectivity index (χ1) is 9.77. The monoisotopic (exact) mass is 381 g/mol. The molecule has 0 saturated heterocycles. The Bertz CT molecular complexity index is 501. The van der Waals surface area contributed by atoms with Crippen molar-refractivity contribution >= 4 is 33.2 Å². The Morgan fingerprint density at radius 3 is 2.52 bits per heavy atom. The van der Waals surface area contributed by atoms with E-state index in [1.165, 1.54) is 0 Å². The van der Waals surface area contributed by atoms with Crippen molar-refractivity contribution in [2.75, 3.05) is 5.32 Å². The first kappa shape index (κ1) is 16.8. The van der Waals surface area contributed by atoms with Crippen LogP contribution in [0.1, 0.15) is 39.5 Å². The fraction of sp³-hybridized carbons (Fsp3) is 0.600. The van der Waals surface area contributed by atoms with E-state index in [-0.39, 0.29) is 11.8 Å². The Kier molecular flexibility index (Phi) is 5.36. The third-order valence-corrected chi connectivity index (χ3v) is 4.72. The van der Waals surface area contributed by atoms with Crippen LogP contribution < -0.4 is 10.1 Å². The van der Waals surface area contributed by atoms with Crippen molar-refractivity contribution in [2.45, 2.75) is 52.2 Å². The Morgan fingerprint density at radius 1 is 1.33 bits per heavy atom. The van der Waals surface area contributed by atoms with Crippen LogP contribution in [-0.4, -0.2) is 12.7 Å². The summed E-state index contributed by atoms with van der Waals surface area (Å²) in [6.45, 7) is 1.64. The number of benzene rings is 1. The number of nitrogens with one attached hydrogen (secondary N) is 1. The Morgan fingerprint density at radius 2 is 1.95 bits per heavy atom. The molecule has 0 radical (unpaired) electrons. The van der Waals surface area contributed by atoms with Crippen LogP contribution in [-0.2, 0) is 0 Å². The lowest BCUT2D eigenvalue weighted by atomic mass is 9.75. The second-order valence-corrected chi connectivity index (χ2v) is 7.52. The van der Waals surface area contributed by atoms with Gasteiger partial charge in [-0.15, -0.1) is 0 Å². The molecule has 0 heterocycles. The minimum Gasteiger partial charge on any atom is -0.431 e. The van der Waals surface area contributed by atoms with E-state index in [1.54, 1.807) is 12.1 Å². The summed E-state index contributed by atoms with van der Waals surface area (Å²) in [4.78, 5) is 0. The minimum absolute atomic E-state index is 0.110. The second-order valence-electron chi connectivity index (χ2n) is 6.23. The van der Waals surface area contributed by atoms with Crippen LogP contribution in [0, 0.1) is 5.41 Å². The van der Waals surface area contributed by atoms with E-state index < -0.39 is 6.61 Å². The van der Waals surface area contributed by atoms with Gasteiger partial charge in [-0.2, -0.15) is 8.78 Å². The third kappa shape index (κ3) is 4.71. The Hall–Kier alpha value is -0.550. The molecular formula is C15H19BrClF2NO. The van der Waals surface area contributed by atoms with E-state index in [0.717, 1.165) is 25.7 Å². The van der Waals surface area contributed by atoms with Gasteiger partial charge in [-0.05, 0) is 59.2 Å². The van der Waals surface area contributed by atoms with Gasteiger partial charge >= 0.3 is 6.61 Å². The SMILES string of the molecule is CC1(C)CCC(Nc2cc(Cl)cc(Br)c2OC(F)F)CC1. The lowest BCUT2D eigenvalue weighted by Crippen LogP contribution is -2.30. The zero-order valence-electron chi connectivity index (χ0n) is 12.1. The Labute approximate surface area is 137 Å². The topological polar surface area (TPSA) is 21.3 Å². The van der Waals surface area contributed by atoms with Gasteiger partial charge in [-0.25, -0.2) is 0 Å². The number of hydrogen-bond acceptors (Lipinski definition) is 2. The molecule has 1 aromatic rings. The Balaban J connectivity index is 2.15. The van der Waals surface area contributed by atoms with Crippen LogP contribution in [0.2, 0.25) is 5.02 Å². The number of rotatable bonds is 4. The minimum atomic E-state index is -2.87. The first-order valence-electron chi connectivity index (χ1n) is 6.97. The van der Waals surface area contributed by atoms with Crippen LogP contribution in [0.5, 0.6) is 5.75 Å². The van der Waals surface area contributed by atoms with E-state index in [2.05, 4.69) is 39.8 Å². The first-order valence-corrected chi connectivity index (χ1v) is 8.14. The molecule has 118 valence electrons. The molecule has 1 aromatic carbocycles. The van der Waals surface area contributed by atoms with Gasteiger partial charge in [0.25, 0.3) is 0 Å². The molecule has 1 saturated carbocycles. The summed E-state index contributed by atoms with van der Waals surface area (Å²) in [7, 11) is 0. The second kappa shape index (κ2) is 6.69. The summed E-state index contributed by atoms with van der Waals surface area (Å²) in [6, 6.07) is 3.43. The van der Waals surface area contributed by atoms with Crippen molar-refractivity contribution in [3.05, 3.63) is 21.6 Å².